The van der Waals surface area contributed by atoms with E-state index in [1.165, 1.54) is 0 Å². The molecule has 3 nitrogen and oxygen atoms in total. The molecule has 76 valence electrons. The number of alkyl halides is 1. The lowest BCUT2D eigenvalue weighted by Gasteiger charge is -2.07. The van der Waals surface area contributed by atoms with Gasteiger partial charge in [-0.2, -0.15) is 0 Å². The first-order valence-corrected chi connectivity index (χ1v) is 5.78. The summed E-state index contributed by atoms with van der Waals surface area (Å²) < 4.78 is 5.87. The predicted octanol–water partition coefficient (Wildman–Crippen LogP) is 2.79. The zero-order chi connectivity index (χ0) is 10.6. The molecule has 0 heterocycles. The summed E-state index contributed by atoms with van der Waals surface area (Å²) in [4.78, 5) is 11.1. The fourth-order valence-electron chi connectivity index (χ4n) is 0.911. The number of methoxy groups -OCH3 is 1. The van der Waals surface area contributed by atoms with E-state index in [0.717, 1.165) is 4.47 Å². The Morgan fingerprint density at radius 3 is 2.86 bits per heavy atom. The minimum Gasteiger partial charge on any atom is -0.497 e. The zero-order valence-electron chi connectivity index (χ0n) is 7.51. The lowest BCUT2D eigenvalue weighted by Crippen LogP contribution is -2.12. The molecule has 0 saturated heterocycles. The largest absolute Gasteiger partial charge is 0.497 e. The lowest BCUT2D eigenvalue weighted by atomic mass is 10.3. The van der Waals surface area contributed by atoms with Gasteiger partial charge in [0, 0.05) is 10.5 Å². The number of hydrogen-bond acceptors (Lipinski definition) is 2. The highest BCUT2D eigenvalue weighted by Gasteiger charge is 2.05. The number of hydrogen-bond donors (Lipinski definition) is 1. The van der Waals surface area contributed by atoms with Gasteiger partial charge in [-0.25, -0.2) is 0 Å². The molecular formula is C9H9Br2NO2. The Bertz CT molecular complexity index is 342. The van der Waals surface area contributed by atoms with Gasteiger partial charge in [-0.3, -0.25) is 4.79 Å². The predicted molar refractivity (Wildman–Crippen MR) is 63.1 cm³/mol. The number of benzene rings is 1. The fraction of sp³-hybridized carbons (Fsp3) is 0.222. The minimum atomic E-state index is -0.0982. The molecule has 0 unspecified atom stereocenters. The van der Waals surface area contributed by atoms with Crippen LogP contribution in [0, 0.1) is 0 Å². The van der Waals surface area contributed by atoms with E-state index in [-0.39, 0.29) is 11.2 Å². The lowest BCUT2D eigenvalue weighted by molar-refractivity contribution is -0.113. The molecular weight excluding hydrogens is 314 g/mol. The maximum Gasteiger partial charge on any atom is 0.235 e. The number of amides is 1. The van der Waals surface area contributed by atoms with E-state index in [2.05, 4.69) is 37.2 Å². The second-order valence-electron chi connectivity index (χ2n) is 2.53. The second kappa shape index (κ2) is 5.36. The van der Waals surface area contributed by atoms with Gasteiger partial charge in [0.25, 0.3) is 0 Å². The topological polar surface area (TPSA) is 38.3 Å². The van der Waals surface area contributed by atoms with Crippen molar-refractivity contribution in [3.63, 3.8) is 0 Å². The number of anilines is 1. The van der Waals surface area contributed by atoms with Crippen LogP contribution in [0.4, 0.5) is 5.69 Å². The number of carbonyl (C=O) groups excluding carboxylic acids is 1. The van der Waals surface area contributed by atoms with E-state index >= 15 is 0 Å². The molecule has 0 aliphatic rings. The van der Waals surface area contributed by atoms with Gasteiger partial charge in [0.2, 0.25) is 5.91 Å². The highest BCUT2D eigenvalue weighted by molar-refractivity contribution is 9.10. The molecule has 0 radical (unpaired) electrons. The zero-order valence-corrected chi connectivity index (χ0v) is 10.7. The molecule has 1 rings (SSSR count). The summed E-state index contributed by atoms with van der Waals surface area (Å²) in [6.45, 7) is 0. The summed E-state index contributed by atoms with van der Waals surface area (Å²) in [6, 6.07) is 5.39. The summed E-state index contributed by atoms with van der Waals surface area (Å²) in [6.07, 6.45) is 0. The van der Waals surface area contributed by atoms with E-state index in [1.807, 2.05) is 12.1 Å². The van der Waals surface area contributed by atoms with Gasteiger partial charge < -0.3 is 10.1 Å². The molecule has 0 aromatic heterocycles. The number of carbonyl (C=O) groups is 1. The average Bonchev–Trinajstić information content (AvgIpc) is 2.21. The van der Waals surface area contributed by atoms with Crippen molar-refractivity contribution < 1.29 is 9.53 Å². The monoisotopic (exact) mass is 321 g/mol. The van der Waals surface area contributed by atoms with E-state index < -0.39 is 0 Å². The first-order chi connectivity index (χ1) is 6.67. The van der Waals surface area contributed by atoms with Crippen molar-refractivity contribution in [2.24, 2.45) is 0 Å². The van der Waals surface area contributed by atoms with Gasteiger partial charge in [0.1, 0.15) is 5.75 Å². The maximum atomic E-state index is 11.1. The highest BCUT2D eigenvalue weighted by atomic mass is 79.9. The summed E-state index contributed by atoms with van der Waals surface area (Å²) in [7, 11) is 1.58. The molecule has 0 saturated carbocycles. The van der Waals surface area contributed by atoms with Crippen molar-refractivity contribution in [2.45, 2.75) is 0 Å². The molecule has 14 heavy (non-hydrogen) atoms. The van der Waals surface area contributed by atoms with Crippen LogP contribution in [0.15, 0.2) is 22.7 Å². The third kappa shape index (κ3) is 2.99. The summed E-state index contributed by atoms with van der Waals surface area (Å²) in [5, 5.41) is 3.00. The molecule has 0 aliphatic carbocycles. The Morgan fingerprint density at radius 2 is 2.29 bits per heavy atom. The molecule has 0 fully saturated rings. The molecule has 1 N–H and O–H groups in total. The van der Waals surface area contributed by atoms with Crippen LogP contribution in [-0.4, -0.2) is 18.3 Å². The Labute approximate surface area is 99.1 Å². The number of ether oxygens (including phenoxy) is 1. The molecule has 1 aromatic rings. The van der Waals surface area contributed by atoms with Crippen molar-refractivity contribution in [3.05, 3.63) is 22.7 Å². The van der Waals surface area contributed by atoms with Crippen LogP contribution >= 0.6 is 31.9 Å². The Balaban J connectivity index is 2.89. The van der Waals surface area contributed by atoms with Gasteiger partial charge in [0.15, 0.2) is 0 Å². The first kappa shape index (κ1) is 11.5. The van der Waals surface area contributed by atoms with Crippen molar-refractivity contribution in [1.82, 2.24) is 0 Å². The molecule has 1 aromatic carbocycles. The SMILES string of the molecule is COc1ccc(Br)c(NC(=O)CBr)c1. The standard InChI is InChI=1S/C9H9Br2NO2/c1-14-6-2-3-7(11)8(4-6)12-9(13)5-10/h2-4H,5H2,1H3,(H,12,13). The van der Waals surface area contributed by atoms with E-state index in [4.69, 9.17) is 4.74 Å². The third-order valence-electron chi connectivity index (χ3n) is 1.57. The summed E-state index contributed by atoms with van der Waals surface area (Å²) in [5.74, 6) is 0.608. The van der Waals surface area contributed by atoms with E-state index in [0.29, 0.717) is 11.4 Å². The Kier molecular flexibility index (Phi) is 4.41. The van der Waals surface area contributed by atoms with Gasteiger partial charge >= 0.3 is 0 Å². The molecule has 0 atom stereocenters. The van der Waals surface area contributed by atoms with Crippen LogP contribution < -0.4 is 10.1 Å². The van der Waals surface area contributed by atoms with Crippen LogP contribution in [0.5, 0.6) is 5.75 Å². The van der Waals surface area contributed by atoms with Gasteiger partial charge in [0.05, 0.1) is 18.1 Å². The normalized spacial score (nSPS) is 9.64. The Morgan fingerprint density at radius 1 is 1.57 bits per heavy atom. The Hall–Kier alpha value is -0.550. The van der Waals surface area contributed by atoms with Crippen molar-refractivity contribution in [2.75, 3.05) is 17.8 Å². The fourth-order valence-corrected chi connectivity index (χ4v) is 1.40. The summed E-state index contributed by atoms with van der Waals surface area (Å²) >= 11 is 6.41. The van der Waals surface area contributed by atoms with Crippen LogP contribution in [0.1, 0.15) is 0 Å². The molecule has 0 aliphatic heterocycles. The van der Waals surface area contributed by atoms with Crippen molar-refractivity contribution >= 4 is 43.5 Å². The highest BCUT2D eigenvalue weighted by Crippen LogP contribution is 2.26. The molecule has 5 heteroatoms. The van der Waals surface area contributed by atoms with Gasteiger partial charge in [-0.05, 0) is 28.1 Å². The second-order valence-corrected chi connectivity index (χ2v) is 3.94. The van der Waals surface area contributed by atoms with E-state index in [1.54, 1.807) is 13.2 Å². The molecule has 1 amide bonds. The van der Waals surface area contributed by atoms with Crippen molar-refractivity contribution in [1.29, 1.82) is 0 Å². The van der Waals surface area contributed by atoms with E-state index in [9.17, 15) is 4.79 Å². The quantitative estimate of drug-likeness (QED) is 0.869. The average molecular weight is 323 g/mol. The first-order valence-electron chi connectivity index (χ1n) is 3.86. The number of nitrogens with one attached hydrogen (secondary N) is 1. The van der Waals surface area contributed by atoms with Crippen LogP contribution in [-0.2, 0) is 4.79 Å². The number of rotatable bonds is 3. The maximum absolute atomic E-state index is 11.1. The van der Waals surface area contributed by atoms with Gasteiger partial charge in [-0.1, -0.05) is 15.9 Å². The molecule has 0 bridgehead atoms. The molecule has 0 spiro atoms. The van der Waals surface area contributed by atoms with Crippen LogP contribution in [0.25, 0.3) is 0 Å². The minimum absolute atomic E-state index is 0.0982. The van der Waals surface area contributed by atoms with Gasteiger partial charge in [-0.15, -0.1) is 0 Å². The van der Waals surface area contributed by atoms with Crippen LogP contribution in [0.2, 0.25) is 0 Å². The van der Waals surface area contributed by atoms with Crippen molar-refractivity contribution in [3.8, 4) is 5.75 Å². The number of halogens is 2. The summed E-state index contributed by atoms with van der Waals surface area (Å²) in [5.41, 5.74) is 0.703. The van der Waals surface area contributed by atoms with Crippen LogP contribution in [0.3, 0.4) is 0 Å². The smallest absolute Gasteiger partial charge is 0.235 e. The third-order valence-corrected chi connectivity index (χ3v) is 2.77.